The van der Waals surface area contributed by atoms with Crippen LogP contribution in [0.4, 0.5) is 0 Å². The Hall–Kier alpha value is -1.74. The fourth-order valence-corrected chi connectivity index (χ4v) is 2.05. The highest BCUT2D eigenvalue weighted by atomic mass is 16.5. The van der Waals surface area contributed by atoms with Crippen molar-refractivity contribution in [2.75, 3.05) is 7.11 Å². The number of aliphatic hydroxyl groups is 1. The Bertz CT molecular complexity index is 485. The van der Waals surface area contributed by atoms with Crippen LogP contribution in [0.5, 0.6) is 5.75 Å². The van der Waals surface area contributed by atoms with E-state index in [0.717, 1.165) is 24.4 Å². The van der Waals surface area contributed by atoms with Crippen LogP contribution in [0.3, 0.4) is 0 Å². The first-order valence-corrected chi connectivity index (χ1v) is 6.16. The molecule has 0 fully saturated rings. The number of ether oxygens (including phenoxy) is 1. The van der Waals surface area contributed by atoms with Gasteiger partial charge in [-0.3, -0.25) is 0 Å². The molecule has 96 valence electrons. The molecule has 1 atom stereocenters. The van der Waals surface area contributed by atoms with Crippen molar-refractivity contribution >= 4 is 0 Å². The molecule has 1 aromatic heterocycles. The predicted molar refractivity (Wildman–Crippen MR) is 71.8 cm³/mol. The molecule has 0 radical (unpaired) electrons. The number of methoxy groups -OCH3 is 1. The van der Waals surface area contributed by atoms with E-state index in [-0.39, 0.29) is 0 Å². The van der Waals surface area contributed by atoms with Gasteiger partial charge in [0, 0.05) is 18.4 Å². The molecule has 0 aliphatic rings. The van der Waals surface area contributed by atoms with Crippen LogP contribution in [0.25, 0.3) is 0 Å². The Labute approximate surface area is 108 Å². The van der Waals surface area contributed by atoms with E-state index < -0.39 is 6.10 Å². The van der Waals surface area contributed by atoms with E-state index in [2.05, 4.69) is 16.7 Å². The van der Waals surface area contributed by atoms with Crippen molar-refractivity contribution in [2.45, 2.75) is 26.0 Å². The molecule has 0 amide bonds. The van der Waals surface area contributed by atoms with Crippen LogP contribution in [-0.4, -0.2) is 16.8 Å². The molecule has 0 bridgehead atoms. The lowest BCUT2D eigenvalue weighted by atomic mass is 10.1. The van der Waals surface area contributed by atoms with Crippen molar-refractivity contribution in [3.63, 3.8) is 0 Å². The van der Waals surface area contributed by atoms with Gasteiger partial charge in [-0.15, -0.1) is 0 Å². The number of aromatic nitrogens is 1. The Morgan fingerprint density at radius 1 is 1.22 bits per heavy atom. The van der Waals surface area contributed by atoms with E-state index in [1.807, 2.05) is 30.5 Å². The molecule has 0 saturated carbocycles. The largest absolute Gasteiger partial charge is 0.497 e. The van der Waals surface area contributed by atoms with E-state index in [1.54, 1.807) is 14.0 Å². The average Bonchev–Trinajstić information content (AvgIpc) is 2.85. The van der Waals surface area contributed by atoms with E-state index >= 15 is 0 Å². The van der Waals surface area contributed by atoms with Gasteiger partial charge in [-0.1, -0.05) is 12.1 Å². The Morgan fingerprint density at radius 3 is 2.56 bits per heavy atom. The van der Waals surface area contributed by atoms with Crippen molar-refractivity contribution in [3.8, 4) is 5.75 Å². The van der Waals surface area contributed by atoms with Crippen LogP contribution < -0.4 is 4.74 Å². The van der Waals surface area contributed by atoms with Crippen LogP contribution in [0.2, 0.25) is 0 Å². The zero-order valence-corrected chi connectivity index (χ0v) is 10.8. The molecule has 0 saturated heterocycles. The van der Waals surface area contributed by atoms with Gasteiger partial charge in [-0.05, 0) is 43.2 Å². The number of rotatable bonds is 5. The van der Waals surface area contributed by atoms with Gasteiger partial charge in [-0.25, -0.2) is 0 Å². The van der Waals surface area contributed by atoms with Crippen LogP contribution in [0.1, 0.15) is 24.3 Å². The quantitative estimate of drug-likeness (QED) is 0.879. The summed E-state index contributed by atoms with van der Waals surface area (Å²) >= 11 is 0. The summed E-state index contributed by atoms with van der Waals surface area (Å²) in [4.78, 5) is 0. The normalized spacial score (nSPS) is 12.4. The van der Waals surface area contributed by atoms with E-state index in [4.69, 9.17) is 4.74 Å². The lowest BCUT2D eigenvalue weighted by Gasteiger charge is -2.11. The van der Waals surface area contributed by atoms with Gasteiger partial charge in [0.1, 0.15) is 5.75 Å². The monoisotopic (exact) mass is 245 g/mol. The molecule has 2 aromatic rings. The molecule has 18 heavy (non-hydrogen) atoms. The molecule has 2 rings (SSSR count). The topological polar surface area (TPSA) is 34.4 Å². The minimum atomic E-state index is -0.420. The highest BCUT2D eigenvalue weighted by Gasteiger charge is 2.06. The molecule has 3 heteroatoms. The van der Waals surface area contributed by atoms with Crippen LogP contribution in [0, 0.1) is 0 Å². The fourth-order valence-electron chi connectivity index (χ4n) is 2.05. The molecule has 1 heterocycles. The number of nitrogens with zero attached hydrogens (tertiary/aromatic N) is 1. The summed E-state index contributed by atoms with van der Waals surface area (Å²) < 4.78 is 7.22. The first kappa shape index (κ1) is 12.7. The minimum absolute atomic E-state index is 0.420. The first-order chi connectivity index (χ1) is 8.70. The summed E-state index contributed by atoms with van der Waals surface area (Å²) in [5, 5.41) is 9.62. The molecular formula is C15H19NO2. The van der Waals surface area contributed by atoms with Crippen molar-refractivity contribution in [2.24, 2.45) is 0 Å². The molecule has 0 spiro atoms. The number of hydrogen-bond donors (Lipinski definition) is 1. The average molecular weight is 245 g/mol. The van der Waals surface area contributed by atoms with Gasteiger partial charge in [0.15, 0.2) is 0 Å². The summed E-state index contributed by atoms with van der Waals surface area (Å²) in [5.74, 6) is 0.879. The van der Waals surface area contributed by atoms with Gasteiger partial charge >= 0.3 is 0 Å². The Morgan fingerprint density at radius 2 is 1.94 bits per heavy atom. The predicted octanol–water partition coefficient (Wildman–Crippen LogP) is 2.79. The molecule has 0 aliphatic heterocycles. The van der Waals surface area contributed by atoms with Gasteiger partial charge < -0.3 is 14.4 Å². The van der Waals surface area contributed by atoms with Gasteiger partial charge in [-0.2, -0.15) is 0 Å². The highest BCUT2D eigenvalue weighted by Crippen LogP contribution is 2.15. The smallest absolute Gasteiger partial charge is 0.118 e. The molecule has 1 unspecified atom stereocenters. The lowest BCUT2D eigenvalue weighted by Crippen LogP contribution is -2.06. The molecular weight excluding hydrogens is 226 g/mol. The number of aryl methyl sites for hydroxylation is 2. The Kier molecular flexibility index (Phi) is 4.05. The van der Waals surface area contributed by atoms with Gasteiger partial charge in [0.05, 0.1) is 13.2 Å². The zero-order valence-electron chi connectivity index (χ0n) is 10.8. The van der Waals surface area contributed by atoms with Crippen LogP contribution in [0.15, 0.2) is 42.6 Å². The third-order valence-corrected chi connectivity index (χ3v) is 3.09. The minimum Gasteiger partial charge on any atom is -0.497 e. The van der Waals surface area contributed by atoms with Crippen molar-refractivity contribution in [1.82, 2.24) is 4.57 Å². The maximum atomic E-state index is 9.62. The summed E-state index contributed by atoms with van der Waals surface area (Å²) in [6.07, 6.45) is 2.53. The number of benzene rings is 1. The summed E-state index contributed by atoms with van der Waals surface area (Å²) in [6, 6.07) is 12.0. The van der Waals surface area contributed by atoms with E-state index in [1.165, 1.54) is 5.56 Å². The number of aliphatic hydroxyl groups excluding tert-OH is 1. The zero-order chi connectivity index (χ0) is 13.0. The maximum absolute atomic E-state index is 9.62. The summed E-state index contributed by atoms with van der Waals surface area (Å²) in [7, 11) is 1.67. The Balaban J connectivity index is 2.00. The SMILES string of the molecule is COc1ccc(CCn2cccc2C(C)O)cc1. The fraction of sp³-hybridized carbons (Fsp3) is 0.333. The maximum Gasteiger partial charge on any atom is 0.118 e. The van der Waals surface area contributed by atoms with E-state index in [9.17, 15) is 5.11 Å². The van der Waals surface area contributed by atoms with Crippen LogP contribution in [-0.2, 0) is 13.0 Å². The van der Waals surface area contributed by atoms with E-state index in [0.29, 0.717) is 0 Å². The summed E-state index contributed by atoms with van der Waals surface area (Å²) in [5.41, 5.74) is 2.23. The molecule has 1 N–H and O–H groups in total. The third-order valence-electron chi connectivity index (χ3n) is 3.09. The summed E-state index contributed by atoms with van der Waals surface area (Å²) in [6.45, 7) is 2.67. The third kappa shape index (κ3) is 2.93. The van der Waals surface area contributed by atoms with Crippen molar-refractivity contribution < 1.29 is 9.84 Å². The standard InChI is InChI=1S/C15H19NO2/c1-12(17)15-4-3-10-16(15)11-9-13-5-7-14(18-2)8-6-13/h3-8,10,12,17H,9,11H2,1-2H3. The van der Waals surface area contributed by atoms with Gasteiger partial charge in [0.25, 0.3) is 0 Å². The molecule has 1 aromatic carbocycles. The lowest BCUT2D eigenvalue weighted by molar-refractivity contribution is 0.189. The number of hydrogen-bond acceptors (Lipinski definition) is 2. The van der Waals surface area contributed by atoms with Crippen LogP contribution >= 0.6 is 0 Å². The molecule has 3 nitrogen and oxygen atoms in total. The second-order valence-corrected chi connectivity index (χ2v) is 4.40. The van der Waals surface area contributed by atoms with Crippen molar-refractivity contribution in [1.29, 1.82) is 0 Å². The first-order valence-electron chi connectivity index (χ1n) is 6.16. The highest BCUT2D eigenvalue weighted by molar-refractivity contribution is 5.27. The van der Waals surface area contributed by atoms with Crippen molar-refractivity contribution in [3.05, 3.63) is 53.9 Å². The van der Waals surface area contributed by atoms with Gasteiger partial charge in [0.2, 0.25) is 0 Å². The second kappa shape index (κ2) is 5.74. The molecule has 0 aliphatic carbocycles. The second-order valence-electron chi connectivity index (χ2n) is 4.40.